The monoisotopic (exact) mass is 268 g/mol. The summed E-state index contributed by atoms with van der Waals surface area (Å²) in [5, 5.41) is 12.7. The van der Waals surface area contributed by atoms with Gasteiger partial charge < -0.3 is 15.3 Å². The van der Waals surface area contributed by atoms with Crippen LogP contribution in [0.15, 0.2) is 0 Å². The van der Waals surface area contributed by atoms with Crippen LogP contribution in [0.2, 0.25) is 0 Å². The quantitative estimate of drug-likeness (QED) is 0.787. The van der Waals surface area contributed by atoms with Gasteiger partial charge in [-0.3, -0.25) is 4.79 Å². The van der Waals surface area contributed by atoms with Gasteiger partial charge in [0.05, 0.1) is 0 Å². The third kappa shape index (κ3) is 3.47. The summed E-state index contributed by atoms with van der Waals surface area (Å²) >= 11 is 0. The fourth-order valence-corrected chi connectivity index (χ4v) is 2.94. The van der Waals surface area contributed by atoms with Crippen LogP contribution in [0.4, 0.5) is 0 Å². The molecular weight excluding hydrogens is 244 g/mol. The van der Waals surface area contributed by atoms with Crippen LogP contribution < -0.4 is 5.32 Å². The first-order valence-electron chi connectivity index (χ1n) is 7.17. The van der Waals surface area contributed by atoms with Gasteiger partial charge in [0.15, 0.2) is 0 Å². The maximum atomic E-state index is 12.2. The summed E-state index contributed by atoms with van der Waals surface area (Å²) in [7, 11) is 0. The number of rotatable bonds is 5. The molecule has 0 spiro atoms. The number of carboxylic acid groups (broad SMARTS) is 1. The van der Waals surface area contributed by atoms with Crippen LogP contribution in [0.5, 0.6) is 0 Å². The minimum Gasteiger partial charge on any atom is -0.480 e. The average molecular weight is 268 g/mol. The maximum absolute atomic E-state index is 12.2. The number of amides is 1. The summed E-state index contributed by atoms with van der Waals surface area (Å²) in [5.74, 6) is -0.915. The molecule has 5 heteroatoms. The Bertz CT molecular complexity index is 364. The zero-order chi connectivity index (χ0) is 14.0. The highest BCUT2D eigenvalue weighted by Gasteiger charge is 2.44. The van der Waals surface area contributed by atoms with Crippen molar-refractivity contribution >= 4 is 11.9 Å². The normalized spacial score (nSPS) is 26.2. The lowest BCUT2D eigenvalue weighted by molar-refractivity contribution is -0.158. The number of piperidine rings is 1. The Morgan fingerprint density at radius 1 is 1.37 bits per heavy atom. The lowest BCUT2D eigenvalue weighted by atomic mass is 9.76. The topological polar surface area (TPSA) is 69.6 Å². The third-order valence-corrected chi connectivity index (χ3v) is 4.18. The molecular formula is C14H24N2O3. The lowest BCUT2D eigenvalue weighted by Crippen LogP contribution is -2.56. The Kier molecular flexibility index (Phi) is 4.13. The molecule has 1 unspecified atom stereocenters. The molecule has 0 aromatic carbocycles. The van der Waals surface area contributed by atoms with Gasteiger partial charge in [0.1, 0.15) is 6.04 Å². The summed E-state index contributed by atoms with van der Waals surface area (Å²) < 4.78 is 0. The number of carbonyl (C=O) groups excluding carboxylic acids is 1. The standard InChI is InChI=1S/C14H24N2O3/c1-14(2)7-3-9-16(12(14)13(18)19)11(17)6-8-15-10-4-5-10/h10,12,15H,3-9H2,1-2H3,(H,18,19). The smallest absolute Gasteiger partial charge is 0.326 e. The van der Waals surface area contributed by atoms with Crippen molar-refractivity contribution in [1.82, 2.24) is 10.2 Å². The second-order valence-corrected chi connectivity index (χ2v) is 6.40. The Balaban J connectivity index is 1.94. The van der Waals surface area contributed by atoms with Gasteiger partial charge in [-0.25, -0.2) is 4.79 Å². The molecule has 1 amide bonds. The predicted molar refractivity (Wildman–Crippen MR) is 71.8 cm³/mol. The first-order valence-corrected chi connectivity index (χ1v) is 7.17. The van der Waals surface area contributed by atoms with E-state index in [0.29, 0.717) is 25.6 Å². The van der Waals surface area contributed by atoms with Crippen molar-refractivity contribution in [2.75, 3.05) is 13.1 Å². The molecule has 1 saturated heterocycles. The first-order chi connectivity index (χ1) is 8.92. The molecule has 0 aromatic heterocycles. The fourth-order valence-electron chi connectivity index (χ4n) is 2.94. The number of likely N-dealkylation sites (tertiary alicyclic amines) is 1. The van der Waals surface area contributed by atoms with Crippen molar-refractivity contribution in [1.29, 1.82) is 0 Å². The van der Waals surface area contributed by atoms with Crippen LogP contribution in [0, 0.1) is 5.41 Å². The summed E-state index contributed by atoms with van der Waals surface area (Å²) in [5.41, 5.74) is -0.344. The highest BCUT2D eigenvalue weighted by atomic mass is 16.4. The second kappa shape index (κ2) is 5.49. The molecule has 2 rings (SSSR count). The number of carbonyl (C=O) groups is 2. The molecule has 0 radical (unpaired) electrons. The largest absolute Gasteiger partial charge is 0.480 e. The van der Waals surface area contributed by atoms with Crippen LogP contribution in [0.25, 0.3) is 0 Å². The number of hydrogen-bond acceptors (Lipinski definition) is 3. The molecule has 0 aromatic rings. The van der Waals surface area contributed by atoms with Gasteiger partial charge in [0.2, 0.25) is 5.91 Å². The van der Waals surface area contributed by atoms with E-state index in [1.807, 2.05) is 13.8 Å². The Labute approximate surface area is 114 Å². The summed E-state index contributed by atoms with van der Waals surface area (Å²) in [6, 6.07) is -0.101. The first kappa shape index (κ1) is 14.3. The van der Waals surface area contributed by atoms with E-state index in [1.54, 1.807) is 4.90 Å². The maximum Gasteiger partial charge on any atom is 0.326 e. The van der Waals surface area contributed by atoms with Gasteiger partial charge in [0.25, 0.3) is 0 Å². The van der Waals surface area contributed by atoms with Crippen LogP contribution in [0.1, 0.15) is 46.0 Å². The van der Waals surface area contributed by atoms with Crippen molar-refractivity contribution in [3.05, 3.63) is 0 Å². The van der Waals surface area contributed by atoms with Crippen LogP contribution in [-0.4, -0.2) is 47.1 Å². The highest BCUT2D eigenvalue weighted by Crippen LogP contribution is 2.35. The summed E-state index contributed by atoms with van der Waals surface area (Å²) in [6.07, 6.45) is 4.54. The Morgan fingerprint density at radius 2 is 2.05 bits per heavy atom. The number of carboxylic acids is 1. The molecule has 1 aliphatic carbocycles. The molecule has 2 N–H and O–H groups in total. The minimum atomic E-state index is -0.881. The van der Waals surface area contributed by atoms with E-state index in [9.17, 15) is 14.7 Å². The molecule has 1 saturated carbocycles. The van der Waals surface area contributed by atoms with Crippen molar-refractivity contribution in [2.24, 2.45) is 5.41 Å². The molecule has 108 valence electrons. The fraction of sp³-hybridized carbons (Fsp3) is 0.857. The van der Waals surface area contributed by atoms with Crippen molar-refractivity contribution < 1.29 is 14.7 Å². The van der Waals surface area contributed by atoms with Gasteiger partial charge in [0, 0.05) is 25.6 Å². The molecule has 1 aliphatic heterocycles. The summed E-state index contributed by atoms with van der Waals surface area (Å²) in [6.45, 7) is 5.11. The number of nitrogens with one attached hydrogen (secondary N) is 1. The van der Waals surface area contributed by atoms with Gasteiger partial charge in [-0.1, -0.05) is 13.8 Å². The Morgan fingerprint density at radius 3 is 2.63 bits per heavy atom. The van der Waals surface area contributed by atoms with Crippen molar-refractivity contribution in [3.63, 3.8) is 0 Å². The predicted octanol–water partition coefficient (Wildman–Crippen LogP) is 1.23. The van der Waals surface area contributed by atoms with E-state index >= 15 is 0 Å². The molecule has 2 fully saturated rings. The SMILES string of the molecule is CC1(C)CCCN(C(=O)CCNC2CC2)C1C(=O)O. The average Bonchev–Trinajstić information content (AvgIpc) is 3.10. The van der Waals surface area contributed by atoms with E-state index in [4.69, 9.17) is 0 Å². The van der Waals surface area contributed by atoms with Crippen molar-refractivity contribution in [2.45, 2.75) is 58.0 Å². The van der Waals surface area contributed by atoms with E-state index in [1.165, 1.54) is 12.8 Å². The molecule has 1 atom stereocenters. The molecule has 1 heterocycles. The number of nitrogens with zero attached hydrogens (tertiary/aromatic N) is 1. The highest BCUT2D eigenvalue weighted by molar-refractivity contribution is 5.84. The van der Waals surface area contributed by atoms with Crippen LogP contribution in [-0.2, 0) is 9.59 Å². The molecule has 0 bridgehead atoms. The second-order valence-electron chi connectivity index (χ2n) is 6.40. The van der Waals surface area contributed by atoms with Crippen molar-refractivity contribution in [3.8, 4) is 0 Å². The zero-order valence-corrected chi connectivity index (χ0v) is 11.8. The lowest BCUT2D eigenvalue weighted by Gasteiger charge is -2.44. The molecule has 2 aliphatic rings. The summed E-state index contributed by atoms with van der Waals surface area (Å²) in [4.78, 5) is 25.3. The number of aliphatic carboxylic acids is 1. The van der Waals surface area contributed by atoms with Gasteiger partial charge in [-0.2, -0.15) is 0 Å². The number of hydrogen-bond donors (Lipinski definition) is 2. The van der Waals surface area contributed by atoms with E-state index in [0.717, 1.165) is 12.8 Å². The minimum absolute atomic E-state index is 0.0340. The van der Waals surface area contributed by atoms with Gasteiger partial charge in [-0.15, -0.1) is 0 Å². The van der Waals surface area contributed by atoms with E-state index < -0.39 is 12.0 Å². The van der Waals surface area contributed by atoms with Gasteiger partial charge >= 0.3 is 5.97 Å². The van der Waals surface area contributed by atoms with Crippen LogP contribution in [0.3, 0.4) is 0 Å². The molecule has 19 heavy (non-hydrogen) atoms. The third-order valence-electron chi connectivity index (χ3n) is 4.18. The Hall–Kier alpha value is -1.10. The zero-order valence-electron chi connectivity index (χ0n) is 11.8. The van der Waals surface area contributed by atoms with E-state index in [-0.39, 0.29) is 11.3 Å². The molecule has 5 nitrogen and oxygen atoms in total. The van der Waals surface area contributed by atoms with Gasteiger partial charge in [-0.05, 0) is 31.1 Å². The van der Waals surface area contributed by atoms with Crippen LogP contribution >= 0.6 is 0 Å². The van der Waals surface area contributed by atoms with E-state index in [2.05, 4.69) is 5.32 Å².